The van der Waals surface area contributed by atoms with E-state index in [1.54, 1.807) is 24.3 Å². The topological polar surface area (TPSA) is 95.3 Å². The number of nitrogens with zero attached hydrogens (tertiary/aromatic N) is 3. The number of amides is 1. The Hall–Kier alpha value is -3.42. The summed E-state index contributed by atoms with van der Waals surface area (Å²) in [5, 5.41) is 11.3. The number of rotatable bonds is 5. The first-order valence-corrected chi connectivity index (χ1v) is 9.17. The Morgan fingerprint density at radius 1 is 1.18 bits per heavy atom. The van der Waals surface area contributed by atoms with Gasteiger partial charge in [0.1, 0.15) is 25.3 Å². The molecule has 1 aliphatic rings. The van der Waals surface area contributed by atoms with E-state index in [4.69, 9.17) is 9.47 Å². The number of ether oxygens (including phenoxy) is 2. The molecular formula is C20H20N4O4. The predicted molar refractivity (Wildman–Crippen MR) is 102 cm³/mol. The Balaban J connectivity index is 1.51. The molecule has 1 atom stereocenters. The van der Waals surface area contributed by atoms with Gasteiger partial charge in [-0.1, -0.05) is 30.3 Å². The summed E-state index contributed by atoms with van der Waals surface area (Å²) in [6.07, 6.45) is 0.684. The van der Waals surface area contributed by atoms with Crippen LogP contribution in [0.1, 0.15) is 24.9 Å². The van der Waals surface area contributed by atoms with E-state index in [0.717, 1.165) is 10.2 Å². The molecule has 1 aliphatic heterocycles. The van der Waals surface area contributed by atoms with Crippen LogP contribution in [0.4, 0.5) is 0 Å². The minimum atomic E-state index is -0.340. The van der Waals surface area contributed by atoms with E-state index in [1.165, 1.54) is 0 Å². The maximum Gasteiger partial charge on any atom is 0.278 e. The zero-order valence-corrected chi connectivity index (χ0v) is 15.4. The van der Waals surface area contributed by atoms with Gasteiger partial charge in [-0.3, -0.25) is 9.59 Å². The van der Waals surface area contributed by atoms with Crippen molar-refractivity contribution < 1.29 is 14.3 Å². The second-order valence-electron chi connectivity index (χ2n) is 6.50. The summed E-state index contributed by atoms with van der Waals surface area (Å²) in [7, 11) is 0. The number of aromatic nitrogens is 3. The van der Waals surface area contributed by atoms with Gasteiger partial charge in [-0.05, 0) is 36.2 Å². The highest BCUT2D eigenvalue weighted by molar-refractivity contribution is 5.78. The molecule has 1 amide bonds. The molecule has 8 heteroatoms. The van der Waals surface area contributed by atoms with Gasteiger partial charge in [0.25, 0.3) is 5.56 Å². The van der Waals surface area contributed by atoms with Gasteiger partial charge < -0.3 is 14.8 Å². The molecular weight excluding hydrogens is 360 g/mol. The summed E-state index contributed by atoms with van der Waals surface area (Å²) in [6, 6.07) is 12.3. The van der Waals surface area contributed by atoms with Crippen molar-refractivity contribution in [3.63, 3.8) is 0 Å². The number of fused-ring (bicyclic) bond motifs is 2. The number of hydrogen-bond acceptors (Lipinski definition) is 6. The molecule has 0 aliphatic carbocycles. The molecule has 0 saturated heterocycles. The summed E-state index contributed by atoms with van der Waals surface area (Å²) in [5.41, 5.74) is 1.08. The third-order valence-electron chi connectivity index (χ3n) is 4.63. The van der Waals surface area contributed by atoms with Crippen LogP contribution in [0, 0.1) is 0 Å². The van der Waals surface area contributed by atoms with Crippen molar-refractivity contribution in [2.75, 3.05) is 13.2 Å². The Morgan fingerprint density at radius 2 is 1.96 bits per heavy atom. The van der Waals surface area contributed by atoms with Crippen molar-refractivity contribution in [1.82, 2.24) is 20.3 Å². The van der Waals surface area contributed by atoms with Crippen molar-refractivity contribution in [3.8, 4) is 11.5 Å². The minimum Gasteiger partial charge on any atom is -0.486 e. The van der Waals surface area contributed by atoms with Crippen LogP contribution in [0.3, 0.4) is 0 Å². The van der Waals surface area contributed by atoms with Crippen molar-refractivity contribution in [3.05, 3.63) is 58.4 Å². The fraction of sp³-hybridized carbons (Fsp3) is 0.300. The van der Waals surface area contributed by atoms with Crippen molar-refractivity contribution in [2.24, 2.45) is 0 Å². The van der Waals surface area contributed by atoms with Gasteiger partial charge in [0.2, 0.25) is 5.91 Å². The Bertz CT molecular complexity index is 1080. The van der Waals surface area contributed by atoms with Crippen LogP contribution in [-0.2, 0) is 11.3 Å². The summed E-state index contributed by atoms with van der Waals surface area (Å²) < 4.78 is 12.2. The van der Waals surface area contributed by atoms with E-state index in [0.29, 0.717) is 42.0 Å². The maximum atomic E-state index is 12.5. The van der Waals surface area contributed by atoms with Crippen LogP contribution < -0.4 is 20.3 Å². The van der Waals surface area contributed by atoms with E-state index in [-0.39, 0.29) is 24.1 Å². The molecule has 144 valence electrons. The summed E-state index contributed by atoms with van der Waals surface area (Å²) >= 11 is 0. The first-order valence-electron chi connectivity index (χ1n) is 9.17. The maximum absolute atomic E-state index is 12.5. The van der Waals surface area contributed by atoms with E-state index in [1.807, 2.05) is 25.1 Å². The number of carbonyl (C=O) groups excluding carboxylic acids is 1. The largest absolute Gasteiger partial charge is 0.486 e. The van der Waals surface area contributed by atoms with Crippen LogP contribution >= 0.6 is 0 Å². The molecule has 28 heavy (non-hydrogen) atoms. The van der Waals surface area contributed by atoms with Crippen molar-refractivity contribution in [1.29, 1.82) is 0 Å². The third kappa shape index (κ3) is 3.53. The van der Waals surface area contributed by atoms with Gasteiger partial charge in [0.15, 0.2) is 11.5 Å². The first kappa shape index (κ1) is 18.0. The number of nitrogens with one attached hydrogen (secondary N) is 1. The molecule has 8 nitrogen and oxygen atoms in total. The van der Waals surface area contributed by atoms with Crippen LogP contribution in [0.25, 0.3) is 10.9 Å². The molecule has 0 radical (unpaired) electrons. The number of carbonyl (C=O) groups is 1. The molecule has 0 spiro atoms. The lowest BCUT2D eigenvalue weighted by Crippen LogP contribution is -2.36. The molecule has 3 aromatic rings. The van der Waals surface area contributed by atoms with Gasteiger partial charge in [-0.25, -0.2) is 4.68 Å². The fourth-order valence-electron chi connectivity index (χ4n) is 3.20. The Morgan fingerprint density at radius 3 is 2.79 bits per heavy atom. The lowest BCUT2D eigenvalue weighted by Gasteiger charge is -2.22. The second-order valence-corrected chi connectivity index (χ2v) is 6.50. The molecule has 2 heterocycles. The molecule has 1 aromatic heterocycles. The summed E-state index contributed by atoms with van der Waals surface area (Å²) in [5.74, 6) is 1.07. The summed E-state index contributed by atoms with van der Waals surface area (Å²) in [4.78, 5) is 25.0. The Labute approximate surface area is 161 Å². The SMILES string of the molecule is CCC(NC(=O)Cn1nnc2ccccc2c1=O)c1ccc2c(c1)OCCO2. The molecule has 1 unspecified atom stereocenters. The highest BCUT2D eigenvalue weighted by atomic mass is 16.6. The van der Waals surface area contributed by atoms with Crippen LogP contribution in [0.2, 0.25) is 0 Å². The monoisotopic (exact) mass is 380 g/mol. The van der Waals surface area contributed by atoms with E-state index < -0.39 is 0 Å². The van der Waals surface area contributed by atoms with Crippen LogP contribution in [0.15, 0.2) is 47.3 Å². The van der Waals surface area contributed by atoms with Crippen molar-refractivity contribution in [2.45, 2.75) is 25.9 Å². The normalized spacial score (nSPS) is 13.9. The highest BCUT2D eigenvalue weighted by Crippen LogP contribution is 2.33. The Kier molecular flexibility index (Phi) is 4.92. The quantitative estimate of drug-likeness (QED) is 0.726. The smallest absolute Gasteiger partial charge is 0.278 e. The highest BCUT2D eigenvalue weighted by Gasteiger charge is 2.18. The fourth-order valence-corrected chi connectivity index (χ4v) is 3.20. The van der Waals surface area contributed by atoms with Gasteiger partial charge in [0, 0.05) is 0 Å². The molecule has 0 bridgehead atoms. The zero-order valence-electron chi connectivity index (χ0n) is 15.4. The van der Waals surface area contributed by atoms with Crippen LogP contribution in [-0.4, -0.2) is 34.1 Å². The third-order valence-corrected chi connectivity index (χ3v) is 4.63. The molecule has 2 aromatic carbocycles. The van der Waals surface area contributed by atoms with E-state index in [2.05, 4.69) is 15.6 Å². The lowest BCUT2D eigenvalue weighted by atomic mass is 10.0. The van der Waals surface area contributed by atoms with E-state index >= 15 is 0 Å². The van der Waals surface area contributed by atoms with Crippen LogP contribution in [0.5, 0.6) is 11.5 Å². The standard InChI is InChI=1S/C20H20N4O4/c1-2-15(13-7-8-17-18(11-13)28-10-9-27-17)21-19(25)12-24-20(26)14-5-3-4-6-16(14)22-23-24/h3-8,11,15H,2,9-10,12H2,1H3,(H,21,25). The number of hydrogen-bond donors (Lipinski definition) is 1. The van der Waals surface area contributed by atoms with Crippen molar-refractivity contribution >= 4 is 16.8 Å². The van der Waals surface area contributed by atoms with Gasteiger partial charge in [-0.15, -0.1) is 5.10 Å². The van der Waals surface area contributed by atoms with Gasteiger partial charge in [0.05, 0.1) is 11.4 Å². The first-order chi connectivity index (χ1) is 13.7. The summed E-state index contributed by atoms with van der Waals surface area (Å²) in [6.45, 7) is 2.81. The molecule has 0 saturated carbocycles. The van der Waals surface area contributed by atoms with E-state index in [9.17, 15) is 9.59 Å². The predicted octanol–water partition coefficient (Wildman–Crippen LogP) is 1.83. The molecule has 1 N–H and O–H groups in total. The molecule has 0 fully saturated rings. The zero-order chi connectivity index (χ0) is 19.5. The van der Waals surface area contributed by atoms with Gasteiger partial charge in [-0.2, -0.15) is 0 Å². The average molecular weight is 380 g/mol. The number of benzene rings is 2. The molecule has 4 rings (SSSR count). The lowest BCUT2D eigenvalue weighted by molar-refractivity contribution is -0.122. The van der Waals surface area contributed by atoms with Gasteiger partial charge >= 0.3 is 0 Å². The second kappa shape index (κ2) is 7.67. The minimum absolute atomic E-state index is 0.197. The average Bonchev–Trinajstić information content (AvgIpc) is 2.74.